The molecule has 0 atom stereocenters. The Morgan fingerprint density at radius 1 is 1.00 bits per heavy atom. The van der Waals surface area contributed by atoms with Crippen LogP contribution in [0.1, 0.15) is 15.9 Å². The SMILES string of the molecule is O=C(O)c1ccc(CNc2ccc(F)c(F)c2F)cc1. The molecule has 0 unspecified atom stereocenters. The lowest BCUT2D eigenvalue weighted by atomic mass is 10.1. The predicted molar refractivity (Wildman–Crippen MR) is 67.0 cm³/mol. The van der Waals surface area contributed by atoms with Crippen molar-refractivity contribution in [2.45, 2.75) is 6.54 Å². The molecule has 2 rings (SSSR count). The molecule has 20 heavy (non-hydrogen) atoms. The predicted octanol–water partition coefficient (Wildman–Crippen LogP) is 3.41. The zero-order chi connectivity index (χ0) is 14.7. The normalized spacial score (nSPS) is 10.3. The molecule has 0 fully saturated rings. The van der Waals surface area contributed by atoms with Crippen molar-refractivity contribution in [3.63, 3.8) is 0 Å². The largest absolute Gasteiger partial charge is 0.478 e. The van der Waals surface area contributed by atoms with Gasteiger partial charge in [0, 0.05) is 6.54 Å². The summed E-state index contributed by atoms with van der Waals surface area (Å²) in [5, 5.41) is 11.4. The van der Waals surface area contributed by atoms with Gasteiger partial charge in [0.1, 0.15) is 0 Å². The van der Waals surface area contributed by atoms with Gasteiger partial charge in [0.2, 0.25) is 0 Å². The highest BCUT2D eigenvalue weighted by atomic mass is 19.2. The van der Waals surface area contributed by atoms with E-state index >= 15 is 0 Å². The lowest BCUT2D eigenvalue weighted by molar-refractivity contribution is 0.0697. The molecule has 2 aromatic rings. The quantitative estimate of drug-likeness (QED) is 0.844. The van der Waals surface area contributed by atoms with Crippen LogP contribution in [0.3, 0.4) is 0 Å². The van der Waals surface area contributed by atoms with E-state index in [0.717, 1.165) is 12.1 Å². The first kappa shape index (κ1) is 13.9. The van der Waals surface area contributed by atoms with Gasteiger partial charge in [-0.15, -0.1) is 0 Å². The van der Waals surface area contributed by atoms with E-state index in [-0.39, 0.29) is 17.8 Å². The van der Waals surface area contributed by atoms with Crippen molar-refractivity contribution in [3.8, 4) is 0 Å². The first-order chi connectivity index (χ1) is 9.49. The average molecular weight is 281 g/mol. The van der Waals surface area contributed by atoms with E-state index < -0.39 is 23.4 Å². The van der Waals surface area contributed by atoms with Crippen LogP contribution in [0.25, 0.3) is 0 Å². The molecular weight excluding hydrogens is 271 g/mol. The van der Waals surface area contributed by atoms with E-state index in [1.807, 2.05) is 0 Å². The lowest BCUT2D eigenvalue weighted by Gasteiger charge is -2.08. The van der Waals surface area contributed by atoms with E-state index in [9.17, 15) is 18.0 Å². The van der Waals surface area contributed by atoms with Crippen LogP contribution in [0.2, 0.25) is 0 Å². The zero-order valence-electron chi connectivity index (χ0n) is 10.2. The van der Waals surface area contributed by atoms with Crippen LogP contribution in [-0.2, 0) is 6.54 Å². The number of anilines is 1. The van der Waals surface area contributed by atoms with Gasteiger partial charge in [-0.3, -0.25) is 0 Å². The van der Waals surface area contributed by atoms with E-state index in [4.69, 9.17) is 5.11 Å². The Hall–Kier alpha value is -2.50. The number of carboxylic acid groups (broad SMARTS) is 1. The maximum Gasteiger partial charge on any atom is 0.335 e. The third-order valence-corrected chi connectivity index (χ3v) is 2.72. The second-order valence-electron chi connectivity index (χ2n) is 4.08. The number of halogens is 3. The Bertz CT molecular complexity index is 642. The number of benzene rings is 2. The minimum atomic E-state index is -1.53. The molecule has 0 saturated heterocycles. The summed E-state index contributed by atoms with van der Waals surface area (Å²) in [6.07, 6.45) is 0. The summed E-state index contributed by atoms with van der Waals surface area (Å²) in [4.78, 5) is 10.7. The number of hydrogen-bond acceptors (Lipinski definition) is 2. The summed E-state index contributed by atoms with van der Waals surface area (Å²) < 4.78 is 39.1. The summed E-state index contributed by atoms with van der Waals surface area (Å²) in [6, 6.07) is 7.83. The van der Waals surface area contributed by atoms with Gasteiger partial charge in [-0.1, -0.05) is 12.1 Å². The van der Waals surface area contributed by atoms with Crippen LogP contribution >= 0.6 is 0 Å². The molecule has 2 N–H and O–H groups in total. The molecule has 0 saturated carbocycles. The molecule has 0 spiro atoms. The topological polar surface area (TPSA) is 49.3 Å². The van der Waals surface area contributed by atoms with E-state index in [0.29, 0.717) is 5.56 Å². The molecule has 0 heterocycles. The molecule has 0 aliphatic heterocycles. The monoisotopic (exact) mass is 281 g/mol. The van der Waals surface area contributed by atoms with E-state index in [2.05, 4.69) is 5.32 Å². The van der Waals surface area contributed by atoms with E-state index in [1.165, 1.54) is 12.1 Å². The minimum Gasteiger partial charge on any atom is -0.478 e. The van der Waals surface area contributed by atoms with Crippen LogP contribution in [0.15, 0.2) is 36.4 Å². The number of hydrogen-bond donors (Lipinski definition) is 2. The summed E-state index contributed by atoms with van der Waals surface area (Å²) in [7, 11) is 0. The first-order valence-corrected chi connectivity index (χ1v) is 5.68. The van der Waals surface area contributed by atoms with Crippen molar-refractivity contribution < 1.29 is 23.1 Å². The first-order valence-electron chi connectivity index (χ1n) is 5.68. The Balaban J connectivity index is 2.09. The Morgan fingerprint density at radius 3 is 2.25 bits per heavy atom. The van der Waals surface area contributed by atoms with Gasteiger partial charge in [-0.25, -0.2) is 18.0 Å². The van der Waals surface area contributed by atoms with Crippen LogP contribution in [-0.4, -0.2) is 11.1 Å². The standard InChI is InChI=1S/C14H10F3NO2/c15-10-5-6-11(13(17)12(10)16)18-7-8-1-3-9(4-2-8)14(19)20/h1-6,18H,7H2,(H,19,20). The molecule has 6 heteroatoms. The third kappa shape index (κ3) is 2.90. The fourth-order valence-corrected chi connectivity index (χ4v) is 1.62. The number of rotatable bonds is 4. The lowest BCUT2D eigenvalue weighted by Crippen LogP contribution is -2.04. The number of carbonyl (C=O) groups is 1. The van der Waals surface area contributed by atoms with Gasteiger partial charge in [0.15, 0.2) is 17.5 Å². The van der Waals surface area contributed by atoms with Crippen molar-refractivity contribution in [1.82, 2.24) is 0 Å². The van der Waals surface area contributed by atoms with Crippen molar-refractivity contribution in [2.24, 2.45) is 0 Å². The maximum atomic E-state index is 13.4. The van der Waals surface area contributed by atoms with Gasteiger partial charge in [0.25, 0.3) is 0 Å². The fraction of sp³-hybridized carbons (Fsp3) is 0.0714. The smallest absolute Gasteiger partial charge is 0.335 e. The Morgan fingerprint density at radius 2 is 1.65 bits per heavy atom. The van der Waals surface area contributed by atoms with Gasteiger partial charge in [-0.2, -0.15) is 0 Å². The Labute approximate surface area is 112 Å². The highest BCUT2D eigenvalue weighted by Gasteiger charge is 2.12. The van der Waals surface area contributed by atoms with E-state index in [1.54, 1.807) is 12.1 Å². The number of aromatic carboxylic acids is 1. The van der Waals surface area contributed by atoms with Gasteiger partial charge in [0.05, 0.1) is 11.3 Å². The second kappa shape index (κ2) is 5.64. The molecule has 0 bridgehead atoms. The van der Waals surface area contributed by atoms with Crippen LogP contribution in [0, 0.1) is 17.5 Å². The molecule has 0 aliphatic carbocycles. The Kier molecular flexibility index (Phi) is 3.93. The van der Waals surface area contributed by atoms with Gasteiger partial charge < -0.3 is 10.4 Å². The number of carboxylic acids is 1. The van der Waals surface area contributed by atoms with Crippen molar-refractivity contribution in [1.29, 1.82) is 0 Å². The molecule has 2 aromatic carbocycles. The average Bonchev–Trinajstić information content (AvgIpc) is 2.44. The van der Waals surface area contributed by atoms with Crippen LogP contribution in [0.4, 0.5) is 18.9 Å². The van der Waals surface area contributed by atoms with Gasteiger partial charge >= 0.3 is 5.97 Å². The van der Waals surface area contributed by atoms with Crippen LogP contribution in [0.5, 0.6) is 0 Å². The third-order valence-electron chi connectivity index (χ3n) is 2.72. The highest BCUT2D eigenvalue weighted by molar-refractivity contribution is 5.87. The zero-order valence-corrected chi connectivity index (χ0v) is 10.2. The molecule has 0 amide bonds. The molecular formula is C14H10F3NO2. The molecule has 3 nitrogen and oxygen atoms in total. The summed E-state index contributed by atoms with van der Waals surface area (Å²) >= 11 is 0. The molecule has 0 radical (unpaired) electrons. The van der Waals surface area contributed by atoms with Crippen molar-refractivity contribution in [2.75, 3.05) is 5.32 Å². The summed E-state index contributed by atoms with van der Waals surface area (Å²) in [5.74, 6) is -5.11. The fourth-order valence-electron chi connectivity index (χ4n) is 1.62. The maximum absolute atomic E-state index is 13.4. The minimum absolute atomic E-state index is 0.132. The number of nitrogens with one attached hydrogen (secondary N) is 1. The van der Waals surface area contributed by atoms with Crippen LogP contribution < -0.4 is 5.32 Å². The van der Waals surface area contributed by atoms with Crippen molar-refractivity contribution >= 4 is 11.7 Å². The molecule has 0 aromatic heterocycles. The molecule has 0 aliphatic rings. The highest BCUT2D eigenvalue weighted by Crippen LogP contribution is 2.20. The van der Waals surface area contributed by atoms with Gasteiger partial charge in [-0.05, 0) is 29.8 Å². The second-order valence-corrected chi connectivity index (χ2v) is 4.08. The molecule has 104 valence electrons. The van der Waals surface area contributed by atoms with Crippen molar-refractivity contribution in [3.05, 3.63) is 65.0 Å². The summed E-state index contributed by atoms with van der Waals surface area (Å²) in [6.45, 7) is 0.155. The summed E-state index contributed by atoms with van der Waals surface area (Å²) in [5.41, 5.74) is 0.651.